The molecule has 1 aliphatic heterocycles. The average Bonchev–Trinajstić information content (AvgIpc) is 2.25. The molecule has 5 heteroatoms. The molecule has 20 heavy (non-hydrogen) atoms. The Morgan fingerprint density at radius 2 is 1.60 bits per heavy atom. The van der Waals surface area contributed by atoms with Gasteiger partial charge in [0, 0.05) is 5.56 Å². The molecule has 0 atom stereocenters. The van der Waals surface area contributed by atoms with E-state index in [2.05, 4.69) is 5.32 Å². The predicted octanol–water partition coefficient (Wildman–Crippen LogP) is 0.753. The van der Waals surface area contributed by atoms with Crippen molar-refractivity contribution >= 4 is 17.6 Å². The highest BCUT2D eigenvalue weighted by atomic mass is 16.2. The van der Waals surface area contributed by atoms with Gasteiger partial charge >= 0.3 is 0 Å². The van der Waals surface area contributed by atoms with Crippen molar-refractivity contribution in [2.75, 3.05) is 19.6 Å². The Morgan fingerprint density at radius 3 is 2.10 bits per heavy atom. The highest BCUT2D eigenvalue weighted by molar-refractivity contribution is 6.03. The summed E-state index contributed by atoms with van der Waals surface area (Å²) >= 11 is 0. The number of nitrogens with one attached hydrogen (secondary N) is 1. The van der Waals surface area contributed by atoms with E-state index in [4.69, 9.17) is 0 Å². The minimum Gasteiger partial charge on any atom is -0.294 e. The zero-order valence-corrected chi connectivity index (χ0v) is 11.9. The standard InChI is InChI=1S/C15H18N2O3/c1-9-4-10(2)15(11(3)5-9)12(18)6-17-7-13(19)16-14(20)8-17/h4-5H,6-8H2,1-3H3,(H,16,19,20). The summed E-state index contributed by atoms with van der Waals surface area (Å²) in [6.45, 7) is 6.05. The molecule has 2 amide bonds. The van der Waals surface area contributed by atoms with Crippen LogP contribution in [0.1, 0.15) is 27.0 Å². The van der Waals surface area contributed by atoms with Gasteiger partial charge in [-0.25, -0.2) is 0 Å². The topological polar surface area (TPSA) is 66.5 Å². The first-order valence-electron chi connectivity index (χ1n) is 6.53. The van der Waals surface area contributed by atoms with Crippen molar-refractivity contribution in [3.63, 3.8) is 0 Å². The number of aryl methyl sites for hydroxylation is 3. The largest absolute Gasteiger partial charge is 0.294 e. The Kier molecular flexibility index (Phi) is 3.99. The van der Waals surface area contributed by atoms with E-state index in [1.807, 2.05) is 32.9 Å². The van der Waals surface area contributed by atoms with Crippen molar-refractivity contribution < 1.29 is 14.4 Å². The predicted molar refractivity (Wildman–Crippen MR) is 74.6 cm³/mol. The smallest absolute Gasteiger partial charge is 0.240 e. The third-order valence-corrected chi connectivity index (χ3v) is 3.34. The molecule has 1 saturated heterocycles. The second-order valence-corrected chi connectivity index (χ2v) is 5.31. The van der Waals surface area contributed by atoms with Crippen molar-refractivity contribution in [3.05, 3.63) is 34.4 Å². The summed E-state index contributed by atoms with van der Waals surface area (Å²) in [6.07, 6.45) is 0. The lowest BCUT2D eigenvalue weighted by atomic mass is 9.96. The number of nitrogens with zero attached hydrogens (tertiary/aromatic N) is 1. The molecule has 0 unspecified atom stereocenters. The summed E-state index contributed by atoms with van der Waals surface area (Å²) in [5.74, 6) is -0.764. The number of amides is 2. The van der Waals surface area contributed by atoms with Gasteiger partial charge in [-0.05, 0) is 31.9 Å². The maximum Gasteiger partial charge on any atom is 0.240 e. The normalized spacial score (nSPS) is 16.1. The molecule has 0 radical (unpaired) electrons. The summed E-state index contributed by atoms with van der Waals surface area (Å²) < 4.78 is 0. The number of rotatable bonds is 3. The Hall–Kier alpha value is -2.01. The molecule has 0 spiro atoms. The third-order valence-electron chi connectivity index (χ3n) is 3.34. The van der Waals surface area contributed by atoms with Crippen LogP contribution in [0.25, 0.3) is 0 Å². The summed E-state index contributed by atoms with van der Waals surface area (Å²) in [6, 6.07) is 3.93. The fraction of sp³-hybridized carbons (Fsp3) is 0.400. The number of ketones is 1. The Bertz CT molecular complexity index is 554. The Morgan fingerprint density at radius 1 is 1.10 bits per heavy atom. The number of hydrogen-bond donors (Lipinski definition) is 1. The Balaban J connectivity index is 2.16. The SMILES string of the molecule is Cc1cc(C)c(C(=O)CN2CC(=O)NC(=O)C2)c(C)c1. The van der Waals surface area contributed by atoms with Crippen molar-refractivity contribution in [3.8, 4) is 0 Å². The summed E-state index contributed by atoms with van der Waals surface area (Å²) in [7, 11) is 0. The summed E-state index contributed by atoms with van der Waals surface area (Å²) in [4.78, 5) is 36.6. The lowest BCUT2D eigenvalue weighted by molar-refractivity contribution is -0.135. The summed E-state index contributed by atoms with van der Waals surface area (Å²) in [5.41, 5.74) is 3.67. The van der Waals surface area contributed by atoms with Crippen molar-refractivity contribution in [2.45, 2.75) is 20.8 Å². The van der Waals surface area contributed by atoms with E-state index in [1.54, 1.807) is 4.90 Å². The molecule has 1 aliphatic rings. The molecule has 0 saturated carbocycles. The number of piperazine rings is 1. The zero-order chi connectivity index (χ0) is 14.9. The van der Waals surface area contributed by atoms with E-state index in [0.717, 1.165) is 16.7 Å². The van der Waals surface area contributed by atoms with Gasteiger partial charge in [-0.15, -0.1) is 0 Å². The van der Waals surface area contributed by atoms with E-state index in [9.17, 15) is 14.4 Å². The fourth-order valence-corrected chi connectivity index (χ4v) is 2.71. The first-order chi connectivity index (χ1) is 9.36. The molecule has 0 bridgehead atoms. The third kappa shape index (κ3) is 3.11. The second-order valence-electron chi connectivity index (χ2n) is 5.31. The first-order valence-corrected chi connectivity index (χ1v) is 6.53. The molecule has 1 aromatic carbocycles. The summed E-state index contributed by atoms with van der Waals surface area (Å²) in [5, 5.41) is 2.22. The quantitative estimate of drug-likeness (QED) is 0.652. The Labute approximate surface area is 118 Å². The molecule has 0 aromatic heterocycles. The van der Waals surface area contributed by atoms with Gasteiger partial charge in [0.05, 0.1) is 19.6 Å². The zero-order valence-electron chi connectivity index (χ0n) is 11.9. The van der Waals surface area contributed by atoms with Gasteiger partial charge in [0.15, 0.2) is 5.78 Å². The van der Waals surface area contributed by atoms with Crippen molar-refractivity contribution in [1.82, 2.24) is 10.2 Å². The van der Waals surface area contributed by atoms with Crippen LogP contribution in [0.5, 0.6) is 0 Å². The minimum absolute atomic E-state index is 0.0532. The molecule has 1 aromatic rings. The van der Waals surface area contributed by atoms with Gasteiger partial charge in [0.2, 0.25) is 11.8 Å². The van der Waals surface area contributed by atoms with Gasteiger partial charge in [-0.1, -0.05) is 17.7 Å². The number of benzene rings is 1. The second kappa shape index (κ2) is 5.54. The van der Waals surface area contributed by atoms with Crippen molar-refractivity contribution in [2.24, 2.45) is 0 Å². The fourth-order valence-electron chi connectivity index (χ4n) is 2.71. The van der Waals surface area contributed by atoms with Crippen LogP contribution in [0.2, 0.25) is 0 Å². The number of imide groups is 1. The monoisotopic (exact) mass is 274 g/mol. The first kappa shape index (κ1) is 14.4. The van der Waals surface area contributed by atoms with Gasteiger partial charge in [0.25, 0.3) is 0 Å². The number of Topliss-reactive ketones (excluding diaryl/α,β-unsaturated/α-hetero) is 1. The van der Waals surface area contributed by atoms with Gasteiger partial charge in [0.1, 0.15) is 0 Å². The maximum absolute atomic E-state index is 12.4. The lowest BCUT2D eigenvalue weighted by Gasteiger charge is -2.25. The van der Waals surface area contributed by atoms with Gasteiger partial charge in [-0.2, -0.15) is 0 Å². The van der Waals surface area contributed by atoms with E-state index < -0.39 is 0 Å². The number of hydrogen-bond acceptors (Lipinski definition) is 4. The molecular weight excluding hydrogens is 256 g/mol. The molecule has 1 N–H and O–H groups in total. The van der Waals surface area contributed by atoms with E-state index in [-0.39, 0.29) is 37.2 Å². The molecule has 0 aliphatic carbocycles. The highest BCUT2D eigenvalue weighted by Crippen LogP contribution is 2.17. The van der Waals surface area contributed by atoms with Crippen LogP contribution in [0.4, 0.5) is 0 Å². The van der Waals surface area contributed by atoms with Crippen LogP contribution in [0.3, 0.4) is 0 Å². The lowest BCUT2D eigenvalue weighted by Crippen LogP contribution is -2.52. The van der Waals surface area contributed by atoms with Crippen LogP contribution in [0.15, 0.2) is 12.1 Å². The molecule has 5 nitrogen and oxygen atoms in total. The maximum atomic E-state index is 12.4. The van der Waals surface area contributed by atoms with Crippen LogP contribution >= 0.6 is 0 Å². The van der Waals surface area contributed by atoms with Crippen LogP contribution < -0.4 is 5.32 Å². The number of carbonyl (C=O) groups is 3. The van der Waals surface area contributed by atoms with Crippen LogP contribution in [-0.4, -0.2) is 42.1 Å². The van der Waals surface area contributed by atoms with E-state index >= 15 is 0 Å². The molecular formula is C15H18N2O3. The molecule has 2 rings (SSSR count). The average molecular weight is 274 g/mol. The number of carbonyl (C=O) groups excluding carboxylic acids is 3. The molecule has 1 heterocycles. The minimum atomic E-state index is -0.355. The highest BCUT2D eigenvalue weighted by Gasteiger charge is 2.25. The van der Waals surface area contributed by atoms with Gasteiger partial charge in [-0.3, -0.25) is 24.6 Å². The molecule has 106 valence electrons. The van der Waals surface area contributed by atoms with Gasteiger partial charge < -0.3 is 0 Å². The molecule has 1 fully saturated rings. The van der Waals surface area contributed by atoms with Crippen molar-refractivity contribution in [1.29, 1.82) is 0 Å². The van der Waals surface area contributed by atoms with Crippen LogP contribution in [0, 0.1) is 20.8 Å². The van der Waals surface area contributed by atoms with Crippen LogP contribution in [-0.2, 0) is 9.59 Å². The van der Waals surface area contributed by atoms with E-state index in [0.29, 0.717) is 5.56 Å². The van der Waals surface area contributed by atoms with E-state index in [1.165, 1.54) is 0 Å².